The molecule has 2 saturated heterocycles. The van der Waals surface area contributed by atoms with E-state index in [1.165, 1.54) is 0 Å². The van der Waals surface area contributed by atoms with Crippen molar-refractivity contribution in [1.82, 2.24) is 20.0 Å². The fraction of sp³-hybridized carbons (Fsp3) is 0.632. The molecule has 2 aliphatic rings. The highest BCUT2D eigenvalue weighted by atomic mass is 16.3. The Morgan fingerprint density at radius 1 is 1.20 bits per heavy atom. The van der Waals surface area contributed by atoms with Gasteiger partial charge in [-0.15, -0.1) is 0 Å². The van der Waals surface area contributed by atoms with Crippen molar-refractivity contribution in [2.45, 2.75) is 25.0 Å². The molecule has 2 N–H and O–H groups in total. The molecule has 1 aromatic carbocycles. The van der Waals surface area contributed by atoms with E-state index in [4.69, 9.17) is 0 Å². The Kier molecular flexibility index (Phi) is 6.29. The average Bonchev–Trinajstić information content (AvgIpc) is 2.63. The maximum Gasteiger partial charge on any atom is 0.318 e. The quantitative estimate of drug-likeness (QED) is 0.858. The molecule has 1 aromatic rings. The Bertz CT molecular complexity index is 546. The number of amides is 2. The van der Waals surface area contributed by atoms with Crippen molar-refractivity contribution in [2.75, 3.05) is 52.9 Å². The predicted molar refractivity (Wildman–Crippen MR) is 98.5 cm³/mol. The number of rotatable bonds is 4. The van der Waals surface area contributed by atoms with E-state index in [1.807, 2.05) is 18.2 Å². The summed E-state index contributed by atoms with van der Waals surface area (Å²) in [7, 11) is 2.15. The Morgan fingerprint density at radius 2 is 1.92 bits per heavy atom. The molecule has 0 aliphatic carbocycles. The van der Waals surface area contributed by atoms with Gasteiger partial charge in [0.25, 0.3) is 0 Å². The minimum Gasteiger partial charge on any atom is -0.391 e. The van der Waals surface area contributed by atoms with Crippen molar-refractivity contribution in [1.29, 1.82) is 0 Å². The minimum atomic E-state index is -0.396. The van der Waals surface area contributed by atoms with Crippen molar-refractivity contribution < 1.29 is 9.90 Å². The zero-order valence-electron chi connectivity index (χ0n) is 15.1. The van der Waals surface area contributed by atoms with E-state index in [-0.39, 0.29) is 12.1 Å². The van der Waals surface area contributed by atoms with Crippen LogP contribution in [0.4, 0.5) is 4.79 Å². The van der Waals surface area contributed by atoms with Gasteiger partial charge in [0.1, 0.15) is 0 Å². The number of carbonyl (C=O) groups excluding carboxylic acids is 1. The van der Waals surface area contributed by atoms with Crippen LogP contribution in [-0.4, -0.2) is 84.8 Å². The van der Waals surface area contributed by atoms with Gasteiger partial charge in [-0.1, -0.05) is 30.3 Å². The molecule has 0 bridgehead atoms. The SMILES string of the molecule is CN1CCN(C[C@H](NC(=O)N2CCC[C@@H](O)C2)c2ccccc2)CC1. The first-order valence-corrected chi connectivity index (χ1v) is 9.31. The lowest BCUT2D eigenvalue weighted by Crippen LogP contribution is -2.51. The molecule has 138 valence electrons. The van der Waals surface area contributed by atoms with Gasteiger partial charge >= 0.3 is 6.03 Å². The summed E-state index contributed by atoms with van der Waals surface area (Å²) in [4.78, 5) is 19.2. The van der Waals surface area contributed by atoms with Crippen LogP contribution in [0.1, 0.15) is 24.4 Å². The van der Waals surface area contributed by atoms with Gasteiger partial charge in [0.05, 0.1) is 12.1 Å². The number of hydrogen-bond donors (Lipinski definition) is 2. The van der Waals surface area contributed by atoms with E-state index >= 15 is 0 Å². The van der Waals surface area contributed by atoms with Crippen LogP contribution in [0.25, 0.3) is 0 Å². The summed E-state index contributed by atoms with van der Waals surface area (Å²) in [6.45, 7) is 6.15. The van der Waals surface area contributed by atoms with E-state index in [0.29, 0.717) is 6.54 Å². The molecular formula is C19H30N4O2. The maximum absolute atomic E-state index is 12.7. The number of carbonyl (C=O) groups is 1. The third-order valence-electron chi connectivity index (χ3n) is 5.22. The van der Waals surface area contributed by atoms with Crippen LogP contribution in [0.5, 0.6) is 0 Å². The summed E-state index contributed by atoms with van der Waals surface area (Å²) >= 11 is 0. The number of benzene rings is 1. The Balaban J connectivity index is 1.65. The number of urea groups is 1. The van der Waals surface area contributed by atoms with E-state index in [9.17, 15) is 9.90 Å². The molecule has 2 atom stereocenters. The standard InChI is InChI=1S/C19H30N4O2/c1-21-10-12-22(13-11-21)15-18(16-6-3-2-4-7-16)20-19(25)23-9-5-8-17(24)14-23/h2-4,6-7,17-18,24H,5,8-15H2,1H3,(H,20,25)/t17-,18+/m1/s1. The lowest BCUT2D eigenvalue weighted by atomic mass is 10.1. The zero-order chi connectivity index (χ0) is 17.6. The molecule has 6 nitrogen and oxygen atoms in total. The molecule has 2 amide bonds. The number of nitrogens with one attached hydrogen (secondary N) is 1. The molecule has 0 aromatic heterocycles. The van der Waals surface area contributed by atoms with Crippen molar-refractivity contribution >= 4 is 6.03 Å². The fourth-order valence-corrected chi connectivity index (χ4v) is 3.59. The van der Waals surface area contributed by atoms with E-state index in [2.05, 4.69) is 34.3 Å². The maximum atomic E-state index is 12.7. The van der Waals surface area contributed by atoms with Crippen LogP contribution < -0.4 is 5.32 Å². The molecule has 3 rings (SSSR count). The predicted octanol–water partition coefficient (Wildman–Crippen LogP) is 1.14. The van der Waals surface area contributed by atoms with Gasteiger partial charge in [-0.3, -0.25) is 4.90 Å². The third-order valence-corrected chi connectivity index (χ3v) is 5.22. The second-order valence-corrected chi connectivity index (χ2v) is 7.26. The van der Waals surface area contributed by atoms with Crippen molar-refractivity contribution in [3.8, 4) is 0 Å². The van der Waals surface area contributed by atoms with Gasteiger partial charge in [0.2, 0.25) is 0 Å². The van der Waals surface area contributed by atoms with Crippen molar-refractivity contribution in [3.05, 3.63) is 35.9 Å². The highest BCUT2D eigenvalue weighted by Gasteiger charge is 2.26. The molecule has 2 aliphatic heterocycles. The molecule has 6 heteroatoms. The number of aliphatic hydroxyl groups excluding tert-OH is 1. The molecule has 0 radical (unpaired) electrons. The van der Waals surface area contributed by atoms with Crippen LogP contribution in [0.2, 0.25) is 0 Å². The number of piperidine rings is 1. The number of hydrogen-bond acceptors (Lipinski definition) is 4. The van der Waals surface area contributed by atoms with Gasteiger partial charge in [-0.05, 0) is 25.5 Å². The van der Waals surface area contributed by atoms with Crippen LogP contribution in [0.3, 0.4) is 0 Å². The van der Waals surface area contributed by atoms with Crippen LogP contribution in [-0.2, 0) is 0 Å². The Morgan fingerprint density at radius 3 is 2.60 bits per heavy atom. The second kappa shape index (κ2) is 8.65. The topological polar surface area (TPSA) is 59.0 Å². The molecule has 0 spiro atoms. The molecule has 0 unspecified atom stereocenters. The monoisotopic (exact) mass is 346 g/mol. The summed E-state index contributed by atoms with van der Waals surface area (Å²) < 4.78 is 0. The number of nitrogens with zero attached hydrogens (tertiary/aromatic N) is 3. The summed E-state index contributed by atoms with van der Waals surface area (Å²) in [6, 6.07) is 10.1. The number of aliphatic hydroxyl groups is 1. The van der Waals surface area contributed by atoms with Crippen LogP contribution in [0, 0.1) is 0 Å². The van der Waals surface area contributed by atoms with E-state index in [1.54, 1.807) is 4.90 Å². The molecule has 25 heavy (non-hydrogen) atoms. The first kappa shape index (κ1) is 18.2. The minimum absolute atomic E-state index is 0.0313. The zero-order valence-corrected chi connectivity index (χ0v) is 15.1. The number of piperazine rings is 1. The average molecular weight is 346 g/mol. The van der Waals surface area contributed by atoms with Gasteiger partial charge in [-0.2, -0.15) is 0 Å². The first-order valence-electron chi connectivity index (χ1n) is 9.31. The molecule has 2 heterocycles. The van der Waals surface area contributed by atoms with Crippen molar-refractivity contribution in [2.24, 2.45) is 0 Å². The summed E-state index contributed by atoms with van der Waals surface area (Å²) in [5.74, 6) is 0. The lowest BCUT2D eigenvalue weighted by Gasteiger charge is -2.36. The number of likely N-dealkylation sites (tertiary alicyclic amines) is 1. The summed E-state index contributed by atoms with van der Waals surface area (Å²) in [6.07, 6.45) is 1.25. The lowest BCUT2D eigenvalue weighted by molar-refractivity contribution is 0.0817. The van der Waals surface area contributed by atoms with Gasteiger partial charge in [-0.25, -0.2) is 4.79 Å². The van der Waals surface area contributed by atoms with E-state index in [0.717, 1.165) is 57.7 Å². The highest BCUT2D eigenvalue weighted by Crippen LogP contribution is 2.17. The molecule has 2 fully saturated rings. The number of β-amino-alcohol motifs (C(OH)–C–C–N with tert-alkyl or cyclic N) is 1. The summed E-state index contributed by atoms with van der Waals surface area (Å²) in [5.41, 5.74) is 1.13. The van der Waals surface area contributed by atoms with Gasteiger partial charge < -0.3 is 20.2 Å². The van der Waals surface area contributed by atoms with Gasteiger partial charge in [0.15, 0.2) is 0 Å². The van der Waals surface area contributed by atoms with Crippen molar-refractivity contribution in [3.63, 3.8) is 0 Å². The fourth-order valence-electron chi connectivity index (χ4n) is 3.59. The second-order valence-electron chi connectivity index (χ2n) is 7.26. The van der Waals surface area contributed by atoms with Crippen LogP contribution in [0.15, 0.2) is 30.3 Å². The first-order chi connectivity index (χ1) is 12.1. The normalized spacial score (nSPS) is 24.1. The Hall–Kier alpha value is -1.63. The summed E-state index contributed by atoms with van der Waals surface area (Å²) in [5, 5.41) is 13.0. The third kappa shape index (κ3) is 5.17. The smallest absolute Gasteiger partial charge is 0.318 e. The largest absolute Gasteiger partial charge is 0.391 e. The Labute approximate surface area is 150 Å². The molecule has 0 saturated carbocycles. The highest BCUT2D eigenvalue weighted by molar-refractivity contribution is 5.75. The van der Waals surface area contributed by atoms with E-state index < -0.39 is 6.10 Å². The molecular weight excluding hydrogens is 316 g/mol. The van der Waals surface area contributed by atoms with Crippen LogP contribution >= 0.6 is 0 Å². The number of likely N-dealkylation sites (N-methyl/N-ethyl adjacent to an activating group) is 1. The van der Waals surface area contributed by atoms with Gasteiger partial charge in [0, 0.05) is 45.8 Å².